The summed E-state index contributed by atoms with van der Waals surface area (Å²) in [5, 5.41) is 17.8. The topological polar surface area (TPSA) is 74.6 Å². The van der Waals surface area contributed by atoms with E-state index >= 15 is 0 Å². The molecule has 0 heterocycles. The van der Waals surface area contributed by atoms with E-state index in [0.29, 0.717) is 10.5 Å². The fraction of sp³-hybridized carbons (Fsp3) is 0.333. The number of hydrogen-bond acceptors (Lipinski definition) is 3. The Labute approximate surface area is 104 Å². The molecule has 0 unspecified atom stereocenters. The Bertz CT molecular complexity index is 440. The minimum absolute atomic E-state index is 0.0983. The Hall–Kier alpha value is -1.49. The summed E-state index contributed by atoms with van der Waals surface area (Å²) in [6, 6.07) is 6.96. The summed E-state index contributed by atoms with van der Waals surface area (Å²) < 4.78 is -0.978. The average molecular weight is 254 g/mol. The van der Waals surface area contributed by atoms with E-state index < -0.39 is 16.7 Å². The lowest BCUT2D eigenvalue weighted by molar-refractivity contribution is -0.139. The smallest absolute Gasteiger partial charge is 0.319 e. The standard InChI is InChI=1S/C12H14O4S/c1-12(2,11(15)16)17-9-6-4-3-5-8(9)7-10(13)14/h3-6H,7H2,1-2H3,(H,13,14)(H,15,16). The molecule has 0 bridgehead atoms. The van der Waals surface area contributed by atoms with E-state index in [1.54, 1.807) is 38.1 Å². The van der Waals surface area contributed by atoms with Crippen molar-refractivity contribution < 1.29 is 19.8 Å². The molecule has 4 nitrogen and oxygen atoms in total. The molecule has 0 aromatic heterocycles. The van der Waals surface area contributed by atoms with Gasteiger partial charge in [0.25, 0.3) is 0 Å². The molecule has 0 radical (unpaired) electrons. The third-order valence-electron chi connectivity index (χ3n) is 2.19. The minimum Gasteiger partial charge on any atom is -0.481 e. The molecule has 0 fully saturated rings. The number of carbonyl (C=O) groups is 2. The summed E-state index contributed by atoms with van der Waals surface area (Å²) in [4.78, 5) is 22.4. The van der Waals surface area contributed by atoms with Gasteiger partial charge in [0.15, 0.2) is 0 Å². The molecule has 0 amide bonds. The number of carboxylic acid groups (broad SMARTS) is 2. The van der Waals surface area contributed by atoms with Gasteiger partial charge < -0.3 is 10.2 Å². The van der Waals surface area contributed by atoms with Crippen molar-refractivity contribution in [2.24, 2.45) is 0 Å². The molecule has 0 saturated heterocycles. The largest absolute Gasteiger partial charge is 0.481 e. The van der Waals surface area contributed by atoms with Crippen molar-refractivity contribution in [3.8, 4) is 0 Å². The summed E-state index contributed by atoms with van der Waals surface area (Å²) in [6.45, 7) is 3.19. The van der Waals surface area contributed by atoms with Crippen LogP contribution in [0.15, 0.2) is 29.2 Å². The number of carboxylic acids is 2. The third-order valence-corrected chi connectivity index (χ3v) is 3.50. The molecule has 1 aromatic carbocycles. The predicted octanol–water partition coefficient (Wildman–Crippen LogP) is 2.27. The van der Waals surface area contributed by atoms with Gasteiger partial charge >= 0.3 is 11.9 Å². The van der Waals surface area contributed by atoms with Gasteiger partial charge in [-0.1, -0.05) is 18.2 Å². The molecule has 0 saturated carbocycles. The van der Waals surface area contributed by atoms with Crippen molar-refractivity contribution in [2.75, 3.05) is 0 Å². The predicted molar refractivity (Wildman–Crippen MR) is 65.4 cm³/mol. The third kappa shape index (κ3) is 3.78. The highest BCUT2D eigenvalue weighted by Crippen LogP contribution is 2.34. The van der Waals surface area contributed by atoms with Gasteiger partial charge in [-0.05, 0) is 25.5 Å². The zero-order valence-corrected chi connectivity index (χ0v) is 10.5. The average Bonchev–Trinajstić information content (AvgIpc) is 2.19. The highest BCUT2D eigenvalue weighted by atomic mass is 32.2. The van der Waals surface area contributed by atoms with Crippen LogP contribution in [0.1, 0.15) is 19.4 Å². The molecule has 0 aliphatic rings. The Balaban J connectivity index is 2.98. The van der Waals surface area contributed by atoms with Crippen molar-refractivity contribution in [1.82, 2.24) is 0 Å². The Kier molecular flexibility index (Phi) is 4.17. The number of rotatable bonds is 5. The zero-order chi connectivity index (χ0) is 13.1. The van der Waals surface area contributed by atoms with Gasteiger partial charge in [-0.3, -0.25) is 9.59 Å². The number of benzene rings is 1. The second-order valence-electron chi connectivity index (χ2n) is 4.10. The summed E-state index contributed by atoms with van der Waals surface area (Å²) in [6.07, 6.45) is -0.0983. The Morgan fingerprint density at radius 2 is 1.82 bits per heavy atom. The van der Waals surface area contributed by atoms with E-state index in [2.05, 4.69) is 0 Å². The Morgan fingerprint density at radius 1 is 1.24 bits per heavy atom. The van der Waals surface area contributed by atoms with Gasteiger partial charge in [0.05, 0.1) is 6.42 Å². The van der Waals surface area contributed by atoms with Crippen LogP contribution in [0.5, 0.6) is 0 Å². The van der Waals surface area contributed by atoms with Crippen LogP contribution in [0, 0.1) is 0 Å². The number of hydrogen-bond donors (Lipinski definition) is 2. The normalized spacial score (nSPS) is 11.2. The highest BCUT2D eigenvalue weighted by Gasteiger charge is 2.29. The monoisotopic (exact) mass is 254 g/mol. The molecule has 92 valence electrons. The van der Waals surface area contributed by atoms with Crippen molar-refractivity contribution in [3.63, 3.8) is 0 Å². The van der Waals surface area contributed by atoms with Crippen molar-refractivity contribution >= 4 is 23.7 Å². The first-order valence-corrected chi connectivity index (χ1v) is 5.86. The van der Waals surface area contributed by atoms with E-state index in [-0.39, 0.29) is 6.42 Å². The van der Waals surface area contributed by atoms with Crippen molar-refractivity contribution in [2.45, 2.75) is 29.9 Å². The maximum absolute atomic E-state index is 11.0. The van der Waals surface area contributed by atoms with Crippen LogP contribution in [0.3, 0.4) is 0 Å². The Morgan fingerprint density at radius 3 is 2.35 bits per heavy atom. The first kappa shape index (κ1) is 13.6. The van der Waals surface area contributed by atoms with Gasteiger partial charge in [0.1, 0.15) is 4.75 Å². The lowest BCUT2D eigenvalue weighted by atomic mass is 10.1. The molecular weight excluding hydrogens is 240 g/mol. The molecule has 1 rings (SSSR count). The van der Waals surface area contributed by atoms with Gasteiger partial charge in [0.2, 0.25) is 0 Å². The summed E-state index contributed by atoms with van der Waals surface area (Å²) >= 11 is 1.16. The zero-order valence-electron chi connectivity index (χ0n) is 9.64. The van der Waals surface area contributed by atoms with Gasteiger partial charge in [0, 0.05) is 4.90 Å². The van der Waals surface area contributed by atoms with Gasteiger partial charge in [-0.2, -0.15) is 0 Å². The van der Waals surface area contributed by atoms with Gasteiger partial charge in [-0.25, -0.2) is 0 Å². The molecule has 1 aromatic rings. The first-order chi connectivity index (χ1) is 7.83. The molecule has 0 spiro atoms. The maximum Gasteiger partial charge on any atom is 0.319 e. The number of thioether (sulfide) groups is 1. The molecule has 0 aliphatic carbocycles. The van der Waals surface area contributed by atoms with Crippen molar-refractivity contribution in [3.05, 3.63) is 29.8 Å². The van der Waals surface area contributed by atoms with E-state index in [1.165, 1.54) is 0 Å². The van der Waals surface area contributed by atoms with Crippen LogP contribution in [0.4, 0.5) is 0 Å². The molecule has 17 heavy (non-hydrogen) atoms. The quantitative estimate of drug-likeness (QED) is 0.788. The van der Waals surface area contributed by atoms with E-state index in [1.807, 2.05) is 0 Å². The SMILES string of the molecule is CC(C)(Sc1ccccc1CC(=O)O)C(=O)O. The lowest BCUT2D eigenvalue weighted by Gasteiger charge is -2.19. The molecule has 2 N–H and O–H groups in total. The molecule has 5 heteroatoms. The fourth-order valence-electron chi connectivity index (χ4n) is 1.23. The van der Waals surface area contributed by atoms with Crippen LogP contribution < -0.4 is 0 Å². The van der Waals surface area contributed by atoms with Crippen molar-refractivity contribution in [1.29, 1.82) is 0 Å². The molecule has 0 atom stereocenters. The second-order valence-corrected chi connectivity index (χ2v) is 5.76. The minimum atomic E-state index is -0.978. The van der Waals surface area contributed by atoms with Crippen LogP contribution in [-0.4, -0.2) is 26.9 Å². The van der Waals surface area contributed by atoms with Crippen LogP contribution in [0.2, 0.25) is 0 Å². The van der Waals surface area contributed by atoms with E-state index in [4.69, 9.17) is 10.2 Å². The molecular formula is C12H14O4S. The number of aliphatic carboxylic acids is 2. The maximum atomic E-state index is 11.0. The highest BCUT2D eigenvalue weighted by molar-refractivity contribution is 8.01. The van der Waals surface area contributed by atoms with Crippen LogP contribution >= 0.6 is 11.8 Å². The van der Waals surface area contributed by atoms with E-state index in [0.717, 1.165) is 11.8 Å². The van der Waals surface area contributed by atoms with Crippen LogP contribution in [-0.2, 0) is 16.0 Å². The van der Waals surface area contributed by atoms with E-state index in [9.17, 15) is 9.59 Å². The summed E-state index contributed by atoms with van der Waals surface area (Å²) in [5.41, 5.74) is 0.638. The van der Waals surface area contributed by atoms with Gasteiger partial charge in [-0.15, -0.1) is 11.8 Å². The lowest BCUT2D eigenvalue weighted by Crippen LogP contribution is -2.27. The first-order valence-electron chi connectivity index (χ1n) is 5.05. The summed E-state index contributed by atoms with van der Waals surface area (Å²) in [5.74, 6) is -1.85. The van der Waals surface area contributed by atoms with Crippen LogP contribution in [0.25, 0.3) is 0 Å². The summed E-state index contributed by atoms with van der Waals surface area (Å²) in [7, 11) is 0. The molecule has 0 aliphatic heterocycles. The second kappa shape index (κ2) is 5.23. The fourth-order valence-corrected chi connectivity index (χ4v) is 2.29.